The molecule has 0 spiro atoms. The van der Waals surface area contributed by atoms with Crippen LogP contribution < -0.4 is 4.72 Å². The molecule has 5 heteroatoms. The molecule has 0 bridgehead atoms. The maximum Gasteiger partial charge on any atom is 0.211 e. The molecule has 84 valence electrons. The van der Waals surface area contributed by atoms with Gasteiger partial charge in [-0.25, -0.2) is 13.1 Å². The molecule has 3 nitrogen and oxygen atoms in total. The standard InChI is InChI=1S/C9H18ClNO2S/c1-9(2)7-8(9)11-14(12,13)6-4-3-5-10/h8,11H,3-7H2,1-2H3. The number of sulfonamides is 1. The first-order valence-corrected chi connectivity index (χ1v) is 7.12. The fraction of sp³-hybridized carbons (Fsp3) is 1.00. The van der Waals surface area contributed by atoms with E-state index in [4.69, 9.17) is 11.6 Å². The Hall–Kier alpha value is 0.200. The quantitative estimate of drug-likeness (QED) is 0.567. The molecule has 0 amide bonds. The lowest BCUT2D eigenvalue weighted by Gasteiger charge is -2.07. The molecule has 0 aromatic heterocycles. The van der Waals surface area contributed by atoms with Crippen LogP contribution in [0.15, 0.2) is 0 Å². The molecule has 0 radical (unpaired) electrons. The second kappa shape index (κ2) is 4.37. The lowest BCUT2D eigenvalue weighted by Crippen LogP contribution is -2.30. The van der Waals surface area contributed by atoms with Gasteiger partial charge in [-0.15, -0.1) is 11.6 Å². The van der Waals surface area contributed by atoms with Crippen molar-refractivity contribution in [2.45, 2.75) is 39.2 Å². The average molecular weight is 240 g/mol. The van der Waals surface area contributed by atoms with Gasteiger partial charge < -0.3 is 0 Å². The molecule has 1 atom stereocenters. The summed E-state index contributed by atoms with van der Waals surface area (Å²) in [5.74, 6) is 0.733. The SMILES string of the molecule is CC1(C)CC1NS(=O)(=O)CCCCCl. The highest BCUT2D eigenvalue weighted by atomic mass is 35.5. The topological polar surface area (TPSA) is 46.2 Å². The van der Waals surface area contributed by atoms with Gasteiger partial charge in [-0.05, 0) is 24.7 Å². The highest BCUT2D eigenvalue weighted by molar-refractivity contribution is 7.89. The third-order valence-electron chi connectivity index (χ3n) is 2.63. The Morgan fingerprint density at radius 2 is 2.00 bits per heavy atom. The molecule has 0 aromatic carbocycles. The summed E-state index contributed by atoms with van der Waals surface area (Å²) in [4.78, 5) is 0. The molecular weight excluding hydrogens is 222 g/mol. The van der Waals surface area contributed by atoms with Crippen molar-refractivity contribution >= 4 is 21.6 Å². The number of alkyl halides is 1. The Labute approximate surface area is 91.3 Å². The van der Waals surface area contributed by atoms with Gasteiger partial charge in [-0.2, -0.15) is 0 Å². The zero-order chi connectivity index (χ0) is 10.8. The molecule has 0 aromatic rings. The number of nitrogens with one attached hydrogen (secondary N) is 1. The minimum Gasteiger partial charge on any atom is -0.212 e. The molecule has 0 aliphatic heterocycles. The summed E-state index contributed by atoms with van der Waals surface area (Å²) in [6, 6.07) is 0.142. The van der Waals surface area contributed by atoms with Crippen molar-refractivity contribution in [1.82, 2.24) is 4.72 Å². The number of halogens is 1. The van der Waals surface area contributed by atoms with Gasteiger partial charge in [0.25, 0.3) is 0 Å². The largest absolute Gasteiger partial charge is 0.212 e. The Kier molecular flexibility index (Phi) is 3.83. The first-order chi connectivity index (χ1) is 6.37. The third-order valence-corrected chi connectivity index (χ3v) is 4.37. The van der Waals surface area contributed by atoms with Crippen LogP contribution in [-0.4, -0.2) is 26.1 Å². The molecule has 1 aliphatic rings. The average Bonchev–Trinajstić information content (AvgIpc) is 2.57. The number of rotatable bonds is 6. The van der Waals surface area contributed by atoms with Gasteiger partial charge in [-0.1, -0.05) is 13.8 Å². The molecule has 1 saturated carbocycles. The van der Waals surface area contributed by atoms with Gasteiger partial charge in [0.15, 0.2) is 0 Å². The van der Waals surface area contributed by atoms with Gasteiger partial charge >= 0.3 is 0 Å². The predicted octanol–water partition coefficient (Wildman–Crippen LogP) is 1.72. The normalized spacial score (nSPS) is 24.9. The smallest absolute Gasteiger partial charge is 0.211 e. The first kappa shape index (κ1) is 12.3. The Morgan fingerprint density at radius 1 is 1.43 bits per heavy atom. The zero-order valence-corrected chi connectivity index (χ0v) is 10.3. The minimum absolute atomic E-state index is 0.142. The molecule has 0 heterocycles. The van der Waals surface area contributed by atoms with Crippen molar-refractivity contribution in [3.8, 4) is 0 Å². The van der Waals surface area contributed by atoms with Crippen LogP contribution in [0, 0.1) is 5.41 Å². The maximum absolute atomic E-state index is 11.5. The number of hydrogen-bond acceptors (Lipinski definition) is 2. The fourth-order valence-corrected chi connectivity index (χ4v) is 3.06. The van der Waals surface area contributed by atoms with Gasteiger partial charge in [0.2, 0.25) is 10.0 Å². The third kappa shape index (κ3) is 3.75. The van der Waals surface area contributed by atoms with Crippen LogP contribution >= 0.6 is 11.6 Å². The Morgan fingerprint density at radius 3 is 2.43 bits per heavy atom. The lowest BCUT2D eigenvalue weighted by molar-refractivity contribution is 0.553. The highest BCUT2D eigenvalue weighted by Crippen LogP contribution is 2.44. The van der Waals surface area contributed by atoms with E-state index in [1.807, 2.05) is 0 Å². The minimum atomic E-state index is -3.07. The number of hydrogen-bond donors (Lipinski definition) is 1. The maximum atomic E-state index is 11.5. The van der Waals surface area contributed by atoms with Crippen LogP contribution in [0.3, 0.4) is 0 Å². The lowest BCUT2D eigenvalue weighted by atomic mass is 10.2. The second-order valence-electron chi connectivity index (χ2n) is 4.58. The van der Waals surface area contributed by atoms with Crippen LogP contribution in [0.25, 0.3) is 0 Å². The molecule has 1 unspecified atom stereocenters. The Bertz CT molecular complexity index is 287. The molecule has 1 aliphatic carbocycles. The summed E-state index contributed by atoms with van der Waals surface area (Å²) >= 11 is 5.48. The molecule has 0 saturated heterocycles. The summed E-state index contributed by atoms with van der Waals surface area (Å²) in [5.41, 5.74) is 0.152. The van der Waals surface area contributed by atoms with E-state index in [9.17, 15) is 8.42 Å². The van der Waals surface area contributed by atoms with Crippen molar-refractivity contribution in [3.05, 3.63) is 0 Å². The van der Waals surface area contributed by atoms with Crippen molar-refractivity contribution in [3.63, 3.8) is 0 Å². The van der Waals surface area contributed by atoms with Crippen molar-refractivity contribution in [1.29, 1.82) is 0 Å². The summed E-state index contributed by atoms with van der Waals surface area (Å²) in [6.07, 6.45) is 2.35. The summed E-state index contributed by atoms with van der Waals surface area (Å²) in [7, 11) is -3.07. The van der Waals surface area contributed by atoms with Crippen LogP contribution in [0.4, 0.5) is 0 Å². The van der Waals surface area contributed by atoms with E-state index in [-0.39, 0.29) is 17.2 Å². The molecule has 1 fully saturated rings. The molecule has 1 N–H and O–H groups in total. The van der Waals surface area contributed by atoms with Crippen LogP contribution in [0.2, 0.25) is 0 Å². The molecule has 1 rings (SSSR count). The summed E-state index contributed by atoms with van der Waals surface area (Å²) in [6.45, 7) is 4.14. The van der Waals surface area contributed by atoms with Crippen LogP contribution in [0.5, 0.6) is 0 Å². The summed E-state index contributed by atoms with van der Waals surface area (Å²) in [5, 5.41) is 0. The van der Waals surface area contributed by atoms with E-state index >= 15 is 0 Å². The summed E-state index contributed by atoms with van der Waals surface area (Å²) < 4.78 is 25.7. The molecular formula is C9H18ClNO2S. The van der Waals surface area contributed by atoms with E-state index in [0.29, 0.717) is 12.3 Å². The second-order valence-corrected chi connectivity index (χ2v) is 6.83. The van der Waals surface area contributed by atoms with E-state index in [1.165, 1.54) is 0 Å². The van der Waals surface area contributed by atoms with Crippen LogP contribution in [0.1, 0.15) is 33.1 Å². The van der Waals surface area contributed by atoms with Crippen molar-refractivity contribution < 1.29 is 8.42 Å². The highest BCUT2D eigenvalue weighted by Gasteiger charge is 2.47. The van der Waals surface area contributed by atoms with Crippen molar-refractivity contribution in [2.75, 3.05) is 11.6 Å². The van der Waals surface area contributed by atoms with Gasteiger partial charge in [0.05, 0.1) is 5.75 Å². The predicted molar refractivity (Wildman–Crippen MR) is 59.1 cm³/mol. The van der Waals surface area contributed by atoms with Crippen LogP contribution in [-0.2, 0) is 10.0 Å². The zero-order valence-electron chi connectivity index (χ0n) is 8.72. The van der Waals surface area contributed by atoms with E-state index in [2.05, 4.69) is 18.6 Å². The molecule has 14 heavy (non-hydrogen) atoms. The van der Waals surface area contributed by atoms with E-state index < -0.39 is 10.0 Å². The fourth-order valence-electron chi connectivity index (χ4n) is 1.33. The number of unbranched alkanes of at least 4 members (excludes halogenated alkanes) is 1. The monoisotopic (exact) mass is 239 g/mol. The van der Waals surface area contributed by atoms with Crippen molar-refractivity contribution in [2.24, 2.45) is 5.41 Å². The van der Waals surface area contributed by atoms with Gasteiger partial charge in [0, 0.05) is 11.9 Å². The van der Waals surface area contributed by atoms with Gasteiger partial charge in [-0.3, -0.25) is 0 Å². The Balaban J connectivity index is 2.29. The van der Waals surface area contributed by atoms with Gasteiger partial charge in [0.1, 0.15) is 0 Å². The first-order valence-electron chi connectivity index (χ1n) is 4.93. The van der Waals surface area contributed by atoms with E-state index in [1.54, 1.807) is 0 Å². The van der Waals surface area contributed by atoms with E-state index in [0.717, 1.165) is 12.8 Å².